The summed E-state index contributed by atoms with van der Waals surface area (Å²) < 4.78 is 3.95. The first-order chi connectivity index (χ1) is 13.8. The van der Waals surface area contributed by atoms with Crippen molar-refractivity contribution in [2.24, 2.45) is 0 Å². The van der Waals surface area contributed by atoms with E-state index in [2.05, 4.69) is 42.5 Å². The van der Waals surface area contributed by atoms with E-state index in [4.69, 9.17) is 0 Å². The van der Waals surface area contributed by atoms with Crippen molar-refractivity contribution in [3.8, 4) is 5.69 Å². The van der Waals surface area contributed by atoms with Crippen molar-refractivity contribution in [2.45, 2.75) is 44.8 Å². The number of carbonyl (C=O) groups is 1. The molecule has 1 atom stereocenters. The molecule has 0 radical (unpaired) electrons. The maximum Gasteiger partial charge on any atom is 0.317 e. The lowest BCUT2D eigenvalue weighted by molar-refractivity contribution is 0.185. The van der Waals surface area contributed by atoms with E-state index in [1.165, 1.54) is 5.69 Å². The lowest BCUT2D eigenvalue weighted by Crippen LogP contribution is -2.47. The highest BCUT2D eigenvalue weighted by Crippen LogP contribution is 2.22. The summed E-state index contributed by atoms with van der Waals surface area (Å²) in [6.45, 7) is 1.97. The highest BCUT2D eigenvalue weighted by atomic mass is 16.2. The molecule has 9 nitrogen and oxygen atoms in total. The highest BCUT2D eigenvalue weighted by Gasteiger charge is 2.27. The second kappa shape index (κ2) is 7.06. The number of carbonyl (C=O) groups excluding carboxylic acids is 1. The Labute approximate surface area is 162 Å². The van der Waals surface area contributed by atoms with Crippen molar-refractivity contribution in [3.05, 3.63) is 53.9 Å². The number of amides is 2. The fraction of sp³-hybridized carbons (Fsp3) is 0.421. The molecule has 144 valence electrons. The summed E-state index contributed by atoms with van der Waals surface area (Å²) in [6.07, 6.45) is 5.13. The van der Waals surface area contributed by atoms with E-state index in [1.54, 1.807) is 0 Å². The average Bonchev–Trinajstić information content (AvgIpc) is 3.32. The Hall–Kier alpha value is -3.23. The lowest BCUT2D eigenvalue weighted by Gasteiger charge is -2.29. The molecule has 28 heavy (non-hydrogen) atoms. The van der Waals surface area contributed by atoms with Crippen LogP contribution in [0.1, 0.15) is 30.1 Å². The van der Waals surface area contributed by atoms with E-state index in [-0.39, 0.29) is 12.1 Å². The fourth-order valence-electron chi connectivity index (χ4n) is 4.00. The first-order valence-corrected chi connectivity index (χ1v) is 9.69. The van der Waals surface area contributed by atoms with Gasteiger partial charge in [-0.3, -0.25) is 0 Å². The van der Waals surface area contributed by atoms with Crippen molar-refractivity contribution in [1.82, 2.24) is 40.0 Å². The lowest BCUT2D eigenvalue weighted by atomic mass is 10.1. The summed E-state index contributed by atoms with van der Waals surface area (Å²) in [4.78, 5) is 19.2. The van der Waals surface area contributed by atoms with Crippen LogP contribution in [0.5, 0.6) is 0 Å². The Morgan fingerprint density at radius 3 is 2.89 bits per heavy atom. The van der Waals surface area contributed by atoms with Gasteiger partial charge in [0.1, 0.15) is 0 Å². The number of nitrogens with zero attached hydrogens (tertiary/aromatic N) is 7. The van der Waals surface area contributed by atoms with Crippen LogP contribution in [0.25, 0.3) is 5.69 Å². The van der Waals surface area contributed by atoms with Gasteiger partial charge in [0.25, 0.3) is 0 Å². The molecule has 0 saturated heterocycles. The summed E-state index contributed by atoms with van der Waals surface area (Å²) in [5.74, 6) is 0.894. The van der Waals surface area contributed by atoms with Crippen molar-refractivity contribution < 1.29 is 4.79 Å². The molecule has 1 aromatic carbocycles. The Kier molecular flexibility index (Phi) is 4.27. The summed E-state index contributed by atoms with van der Waals surface area (Å²) in [7, 11) is 0. The zero-order valence-electron chi connectivity index (χ0n) is 15.5. The molecule has 5 rings (SSSR count). The molecule has 0 saturated carbocycles. The first-order valence-electron chi connectivity index (χ1n) is 9.69. The number of nitrogens with one attached hydrogen (secondary N) is 1. The molecule has 0 spiro atoms. The minimum atomic E-state index is -0.0180. The van der Waals surface area contributed by atoms with Crippen molar-refractivity contribution in [1.29, 1.82) is 0 Å². The molecule has 9 heteroatoms. The van der Waals surface area contributed by atoms with E-state index in [1.807, 2.05) is 34.1 Å². The Bertz CT molecular complexity index is 956. The van der Waals surface area contributed by atoms with Crippen LogP contribution in [0, 0.1) is 0 Å². The quantitative estimate of drug-likeness (QED) is 0.726. The molecule has 0 aliphatic carbocycles. The molecular formula is C19H22N8O. The van der Waals surface area contributed by atoms with Gasteiger partial charge in [-0.1, -0.05) is 18.2 Å². The number of hydrogen-bond donors (Lipinski definition) is 1. The third-order valence-corrected chi connectivity index (χ3v) is 5.57. The molecule has 0 bridgehead atoms. The van der Waals surface area contributed by atoms with Crippen molar-refractivity contribution in [2.75, 3.05) is 6.54 Å². The number of tetrazole rings is 1. The van der Waals surface area contributed by atoms with Gasteiger partial charge in [0.05, 0.1) is 18.6 Å². The normalized spacial score (nSPS) is 18.9. The van der Waals surface area contributed by atoms with Crippen molar-refractivity contribution in [3.63, 3.8) is 0 Å². The van der Waals surface area contributed by atoms with E-state index in [0.29, 0.717) is 13.1 Å². The van der Waals surface area contributed by atoms with Gasteiger partial charge in [0.15, 0.2) is 5.82 Å². The standard InChI is InChI=1S/C19H22N8O/c28-19(21-14-6-7-18-22-23-24-27(18)11-8-14)25-10-9-17-16(12-25)20-13-26(17)15-4-2-1-3-5-15/h1-5,13-14H,6-12H2,(H,21,28). The second-order valence-corrected chi connectivity index (χ2v) is 7.31. The van der Waals surface area contributed by atoms with E-state index < -0.39 is 0 Å². The van der Waals surface area contributed by atoms with E-state index >= 15 is 0 Å². The first kappa shape index (κ1) is 16.9. The van der Waals surface area contributed by atoms with Crippen molar-refractivity contribution >= 4 is 6.03 Å². The third kappa shape index (κ3) is 3.12. The summed E-state index contributed by atoms with van der Waals surface area (Å²) in [5, 5.41) is 14.9. The molecule has 2 aliphatic heterocycles. The number of aromatic nitrogens is 6. The third-order valence-electron chi connectivity index (χ3n) is 5.57. The van der Waals surface area contributed by atoms with Crippen LogP contribution in [0.15, 0.2) is 36.7 Å². The van der Waals surface area contributed by atoms with Crippen LogP contribution in [0.4, 0.5) is 4.79 Å². The number of fused-ring (bicyclic) bond motifs is 2. The predicted octanol–water partition coefficient (Wildman–Crippen LogP) is 1.33. The average molecular weight is 378 g/mol. The van der Waals surface area contributed by atoms with Crippen LogP contribution in [0.3, 0.4) is 0 Å². The highest BCUT2D eigenvalue weighted by molar-refractivity contribution is 5.74. The fourth-order valence-corrected chi connectivity index (χ4v) is 4.00. The van der Waals surface area contributed by atoms with Gasteiger partial charge in [0, 0.05) is 43.4 Å². The van der Waals surface area contributed by atoms with Gasteiger partial charge in [-0.25, -0.2) is 14.5 Å². The molecule has 2 aromatic heterocycles. The number of rotatable bonds is 2. The Morgan fingerprint density at radius 1 is 1.11 bits per heavy atom. The number of benzene rings is 1. The topological polar surface area (TPSA) is 93.8 Å². The molecule has 2 amide bonds. The van der Waals surface area contributed by atoms with Gasteiger partial charge >= 0.3 is 6.03 Å². The molecule has 1 unspecified atom stereocenters. The molecule has 2 aliphatic rings. The monoisotopic (exact) mass is 378 g/mol. The van der Waals surface area contributed by atoms with Crippen LogP contribution < -0.4 is 5.32 Å². The SMILES string of the molecule is O=C(NC1CCc2nnnn2CC1)N1CCc2c(ncn2-c2ccccc2)C1. The number of imidazole rings is 1. The van der Waals surface area contributed by atoms with Crippen LogP contribution in [-0.2, 0) is 25.9 Å². The molecular weight excluding hydrogens is 356 g/mol. The van der Waals surface area contributed by atoms with Gasteiger partial charge in [-0.2, -0.15) is 0 Å². The van der Waals surface area contributed by atoms with Gasteiger partial charge in [0.2, 0.25) is 0 Å². The summed E-state index contributed by atoms with van der Waals surface area (Å²) >= 11 is 0. The summed E-state index contributed by atoms with van der Waals surface area (Å²) in [6, 6.07) is 10.3. The van der Waals surface area contributed by atoms with Gasteiger partial charge < -0.3 is 14.8 Å². The van der Waals surface area contributed by atoms with Crippen LogP contribution in [-0.4, -0.2) is 53.3 Å². The zero-order valence-corrected chi connectivity index (χ0v) is 15.5. The maximum atomic E-state index is 12.8. The largest absolute Gasteiger partial charge is 0.335 e. The minimum Gasteiger partial charge on any atom is -0.335 e. The Balaban J connectivity index is 1.23. The zero-order chi connectivity index (χ0) is 18.9. The van der Waals surface area contributed by atoms with E-state index in [0.717, 1.165) is 49.4 Å². The minimum absolute atomic E-state index is 0.0180. The maximum absolute atomic E-state index is 12.8. The van der Waals surface area contributed by atoms with Gasteiger partial charge in [-0.05, 0) is 35.4 Å². The van der Waals surface area contributed by atoms with Crippen LogP contribution in [0.2, 0.25) is 0 Å². The number of urea groups is 1. The smallest absolute Gasteiger partial charge is 0.317 e. The molecule has 4 heterocycles. The number of para-hydroxylation sites is 1. The van der Waals surface area contributed by atoms with Gasteiger partial charge in [-0.15, -0.1) is 5.10 Å². The molecule has 0 fully saturated rings. The van der Waals surface area contributed by atoms with Crippen LogP contribution >= 0.6 is 0 Å². The number of hydrogen-bond acceptors (Lipinski definition) is 5. The summed E-state index contributed by atoms with van der Waals surface area (Å²) in [5.41, 5.74) is 3.27. The molecule has 3 aromatic rings. The second-order valence-electron chi connectivity index (χ2n) is 7.31. The Morgan fingerprint density at radius 2 is 2.00 bits per heavy atom. The molecule has 1 N–H and O–H groups in total. The predicted molar refractivity (Wildman–Crippen MR) is 101 cm³/mol. The number of aryl methyl sites for hydroxylation is 2. The van der Waals surface area contributed by atoms with E-state index in [9.17, 15) is 4.79 Å².